The Labute approximate surface area is 127 Å². The molecule has 1 aliphatic rings. The molecule has 1 heterocycles. The maximum Gasteiger partial charge on any atom is 0.242 e. The molecule has 21 heavy (non-hydrogen) atoms. The summed E-state index contributed by atoms with van der Waals surface area (Å²) in [6.07, 6.45) is 2.14. The molecule has 0 saturated carbocycles. The van der Waals surface area contributed by atoms with Crippen LogP contribution >= 0.6 is 0 Å². The number of ether oxygens (including phenoxy) is 1. The van der Waals surface area contributed by atoms with Gasteiger partial charge < -0.3 is 10.1 Å². The first-order valence-electron chi connectivity index (χ1n) is 7.38. The Bertz CT molecular complexity index is 581. The smallest absolute Gasteiger partial charge is 0.242 e. The molecule has 1 saturated heterocycles. The lowest BCUT2D eigenvalue weighted by atomic mass is 10.2. The highest BCUT2D eigenvalue weighted by atomic mass is 32.2. The SMILES string of the molecule is CCOc1ccc(S(=O)(=O)N(C)CC2CCCN2)cc1C. The average Bonchev–Trinajstić information content (AvgIpc) is 2.94. The largest absolute Gasteiger partial charge is 0.494 e. The predicted octanol–water partition coefficient (Wildman–Crippen LogP) is 1.77. The van der Waals surface area contributed by atoms with Crippen LogP contribution in [-0.4, -0.2) is 45.5 Å². The van der Waals surface area contributed by atoms with Crippen LogP contribution in [0.2, 0.25) is 0 Å². The maximum atomic E-state index is 12.6. The summed E-state index contributed by atoms with van der Waals surface area (Å²) in [4.78, 5) is 0.323. The molecular formula is C15H24N2O3S. The van der Waals surface area contributed by atoms with E-state index in [0.29, 0.717) is 18.0 Å². The molecule has 1 unspecified atom stereocenters. The van der Waals surface area contributed by atoms with Crippen LogP contribution in [0.5, 0.6) is 5.75 Å². The molecule has 0 aliphatic carbocycles. The second kappa shape index (κ2) is 6.77. The molecule has 1 N–H and O–H groups in total. The summed E-state index contributed by atoms with van der Waals surface area (Å²) in [6, 6.07) is 5.28. The third-order valence-electron chi connectivity index (χ3n) is 3.79. The van der Waals surface area contributed by atoms with Crippen molar-refractivity contribution in [1.29, 1.82) is 0 Å². The summed E-state index contributed by atoms with van der Waals surface area (Å²) in [6.45, 7) is 5.82. The predicted molar refractivity (Wildman–Crippen MR) is 83.2 cm³/mol. The Morgan fingerprint density at radius 3 is 2.76 bits per heavy atom. The van der Waals surface area contributed by atoms with Crippen LogP contribution in [0.4, 0.5) is 0 Å². The van der Waals surface area contributed by atoms with Gasteiger partial charge in [0.25, 0.3) is 0 Å². The number of benzene rings is 1. The van der Waals surface area contributed by atoms with Gasteiger partial charge in [-0.15, -0.1) is 0 Å². The van der Waals surface area contributed by atoms with Gasteiger partial charge in [0, 0.05) is 19.6 Å². The van der Waals surface area contributed by atoms with Crippen molar-refractivity contribution in [2.45, 2.75) is 37.6 Å². The third kappa shape index (κ3) is 3.75. The van der Waals surface area contributed by atoms with Gasteiger partial charge in [-0.05, 0) is 57.0 Å². The Hall–Kier alpha value is -1.11. The monoisotopic (exact) mass is 312 g/mol. The number of nitrogens with one attached hydrogen (secondary N) is 1. The summed E-state index contributed by atoms with van der Waals surface area (Å²) in [5, 5.41) is 3.32. The van der Waals surface area contributed by atoms with Crippen LogP contribution in [-0.2, 0) is 10.0 Å². The molecule has 0 amide bonds. The normalized spacial score (nSPS) is 19.1. The van der Waals surface area contributed by atoms with Crippen LogP contribution in [0.25, 0.3) is 0 Å². The molecule has 1 aromatic rings. The van der Waals surface area contributed by atoms with E-state index in [-0.39, 0.29) is 6.04 Å². The van der Waals surface area contributed by atoms with Gasteiger partial charge in [0.15, 0.2) is 0 Å². The van der Waals surface area contributed by atoms with E-state index in [1.165, 1.54) is 4.31 Å². The van der Waals surface area contributed by atoms with E-state index in [1.807, 2.05) is 13.8 Å². The van der Waals surface area contributed by atoms with Crippen LogP contribution in [0.1, 0.15) is 25.3 Å². The maximum absolute atomic E-state index is 12.6. The van der Waals surface area contributed by atoms with Gasteiger partial charge in [0.2, 0.25) is 10.0 Å². The minimum Gasteiger partial charge on any atom is -0.494 e. The minimum atomic E-state index is -3.44. The average molecular weight is 312 g/mol. The molecule has 2 rings (SSSR count). The third-order valence-corrected chi connectivity index (χ3v) is 5.61. The number of aryl methyl sites for hydroxylation is 1. The number of hydrogen-bond acceptors (Lipinski definition) is 4. The van der Waals surface area contributed by atoms with E-state index in [2.05, 4.69) is 5.32 Å². The van der Waals surface area contributed by atoms with Gasteiger partial charge in [-0.1, -0.05) is 0 Å². The van der Waals surface area contributed by atoms with Crippen LogP contribution in [0.3, 0.4) is 0 Å². The lowest BCUT2D eigenvalue weighted by Gasteiger charge is -2.21. The van der Waals surface area contributed by atoms with E-state index < -0.39 is 10.0 Å². The van der Waals surface area contributed by atoms with Gasteiger partial charge in [0.05, 0.1) is 11.5 Å². The fraction of sp³-hybridized carbons (Fsp3) is 0.600. The molecule has 0 aromatic heterocycles. The summed E-state index contributed by atoms with van der Waals surface area (Å²) < 4.78 is 32.1. The fourth-order valence-corrected chi connectivity index (χ4v) is 3.90. The molecule has 118 valence electrons. The molecule has 0 radical (unpaired) electrons. The Morgan fingerprint density at radius 2 is 2.19 bits per heavy atom. The van der Waals surface area contributed by atoms with Crippen molar-refractivity contribution in [2.75, 3.05) is 26.7 Å². The number of rotatable bonds is 6. The molecule has 6 heteroatoms. The summed E-state index contributed by atoms with van der Waals surface area (Å²) >= 11 is 0. The Kier molecular flexibility index (Phi) is 5.24. The number of nitrogens with zero attached hydrogens (tertiary/aromatic N) is 1. The van der Waals surface area contributed by atoms with Crippen molar-refractivity contribution >= 4 is 10.0 Å². The van der Waals surface area contributed by atoms with Crippen LogP contribution in [0.15, 0.2) is 23.1 Å². The van der Waals surface area contributed by atoms with Crippen molar-refractivity contribution in [3.8, 4) is 5.75 Å². The van der Waals surface area contributed by atoms with Crippen molar-refractivity contribution in [2.24, 2.45) is 0 Å². The summed E-state index contributed by atoms with van der Waals surface area (Å²) in [5.74, 6) is 0.733. The molecule has 1 aromatic carbocycles. The minimum absolute atomic E-state index is 0.258. The number of likely N-dealkylation sites (N-methyl/N-ethyl adjacent to an activating group) is 1. The molecule has 5 nitrogen and oxygen atoms in total. The Morgan fingerprint density at radius 1 is 1.43 bits per heavy atom. The van der Waals surface area contributed by atoms with Crippen molar-refractivity contribution in [3.63, 3.8) is 0 Å². The van der Waals surface area contributed by atoms with E-state index >= 15 is 0 Å². The molecular weight excluding hydrogens is 288 g/mol. The van der Waals surface area contributed by atoms with Gasteiger partial charge >= 0.3 is 0 Å². The lowest BCUT2D eigenvalue weighted by Crippen LogP contribution is -2.38. The van der Waals surface area contributed by atoms with E-state index in [9.17, 15) is 8.42 Å². The van der Waals surface area contributed by atoms with Gasteiger partial charge in [-0.25, -0.2) is 8.42 Å². The summed E-state index contributed by atoms with van der Waals surface area (Å²) in [5.41, 5.74) is 0.838. The first-order chi connectivity index (χ1) is 9.95. The first-order valence-corrected chi connectivity index (χ1v) is 8.82. The molecule has 1 atom stereocenters. The molecule has 0 spiro atoms. The summed E-state index contributed by atoms with van der Waals surface area (Å²) in [7, 11) is -1.80. The second-order valence-corrected chi connectivity index (χ2v) is 7.48. The first kappa shape index (κ1) is 16.3. The zero-order valence-corrected chi connectivity index (χ0v) is 13.7. The molecule has 1 fully saturated rings. The number of hydrogen-bond donors (Lipinski definition) is 1. The topological polar surface area (TPSA) is 58.6 Å². The fourth-order valence-electron chi connectivity index (χ4n) is 2.60. The van der Waals surface area contributed by atoms with Crippen molar-refractivity contribution in [1.82, 2.24) is 9.62 Å². The van der Waals surface area contributed by atoms with E-state index in [0.717, 1.165) is 30.7 Å². The molecule has 0 bridgehead atoms. The Balaban J connectivity index is 2.16. The standard InChI is InChI=1S/C15H24N2O3S/c1-4-20-15-8-7-14(10-12(15)2)21(18,19)17(3)11-13-6-5-9-16-13/h7-8,10,13,16H,4-6,9,11H2,1-3H3. The lowest BCUT2D eigenvalue weighted by molar-refractivity contribution is 0.337. The van der Waals surface area contributed by atoms with Gasteiger partial charge in [-0.2, -0.15) is 4.31 Å². The quantitative estimate of drug-likeness (QED) is 0.870. The van der Waals surface area contributed by atoms with E-state index in [1.54, 1.807) is 25.2 Å². The van der Waals surface area contributed by atoms with E-state index in [4.69, 9.17) is 4.74 Å². The van der Waals surface area contributed by atoms with Gasteiger partial charge in [0.1, 0.15) is 5.75 Å². The van der Waals surface area contributed by atoms with Crippen molar-refractivity contribution in [3.05, 3.63) is 23.8 Å². The molecule has 1 aliphatic heterocycles. The van der Waals surface area contributed by atoms with Crippen molar-refractivity contribution < 1.29 is 13.2 Å². The van der Waals surface area contributed by atoms with Crippen LogP contribution < -0.4 is 10.1 Å². The van der Waals surface area contributed by atoms with Crippen LogP contribution in [0, 0.1) is 6.92 Å². The zero-order valence-electron chi connectivity index (χ0n) is 12.9. The highest BCUT2D eigenvalue weighted by Gasteiger charge is 2.25. The zero-order chi connectivity index (χ0) is 15.5. The highest BCUT2D eigenvalue weighted by molar-refractivity contribution is 7.89. The highest BCUT2D eigenvalue weighted by Crippen LogP contribution is 2.24. The second-order valence-electron chi connectivity index (χ2n) is 5.44. The number of sulfonamides is 1. The van der Waals surface area contributed by atoms with Gasteiger partial charge in [-0.3, -0.25) is 0 Å².